The molecule has 1 heterocycles. The summed E-state index contributed by atoms with van der Waals surface area (Å²) in [5.41, 5.74) is 1.10. The molecule has 5 heteroatoms. The monoisotopic (exact) mass is 414 g/mol. The zero-order chi connectivity index (χ0) is 21.4. The number of amides is 2. The molecule has 2 aromatic rings. The van der Waals surface area contributed by atoms with E-state index in [1.165, 1.54) is 4.88 Å². The van der Waals surface area contributed by atoms with Crippen molar-refractivity contribution in [3.8, 4) is 0 Å². The fraction of sp³-hybridized carbons (Fsp3) is 0.500. The number of aryl methyl sites for hydroxylation is 1. The molecule has 0 aliphatic heterocycles. The van der Waals surface area contributed by atoms with Crippen LogP contribution in [-0.2, 0) is 22.7 Å². The van der Waals surface area contributed by atoms with Crippen molar-refractivity contribution in [2.45, 2.75) is 66.6 Å². The number of carbonyl (C=O) groups excluding carboxylic acids is 2. The number of nitrogens with zero attached hydrogens (tertiary/aromatic N) is 2. The van der Waals surface area contributed by atoms with Crippen LogP contribution in [0.15, 0.2) is 42.5 Å². The van der Waals surface area contributed by atoms with Crippen molar-refractivity contribution in [1.29, 1.82) is 0 Å². The molecule has 0 N–H and O–H groups in total. The second-order valence-electron chi connectivity index (χ2n) is 8.12. The van der Waals surface area contributed by atoms with E-state index >= 15 is 0 Å². The van der Waals surface area contributed by atoms with Crippen molar-refractivity contribution >= 4 is 23.2 Å². The Morgan fingerprint density at radius 3 is 2.21 bits per heavy atom. The molecule has 0 aliphatic carbocycles. The fourth-order valence-corrected chi connectivity index (χ4v) is 4.12. The first kappa shape index (κ1) is 23.1. The smallest absolute Gasteiger partial charge is 0.242 e. The van der Waals surface area contributed by atoms with Gasteiger partial charge < -0.3 is 9.80 Å². The molecule has 0 bridgehead atoms. The van der Waals surface area contributed by atoms with Crippen LogP contribution >= 0.6 is 11.3 Å². The molecule has 1 atom stereocenters. The van der Waals surface area contributed by atoms with Crippen LogP contribution in [0.25, 0.3) is 0 Å². The zero-order valence-corrected chi connectivity index (χ0v) is 19.2. The van der Waals surface area contributed by atoms with E-state index < -0.39 is 0 Å². The Balaban J connectivity index is 2.19. The van der Waals surface area contributed by atoms with Crippen molar-refractivity contribution in [2.75, 3.05) is 6.54 Å². The summed E-state index contributed by atoms with van der Waals surface area (Å²) in [5, 5.41) is 0. The van der Waals surface area contributed by atoms with E-state index in [4.69, 9.17) is 0 Å². The lowest BCUT2D eigenvalue weighted by Gasteiger charge is -2.31. The van der Waals surface area contributed by atoms with Gasteiger partial charge in [-0.3, -0.25) is 9.59 Å². The molecule has 0 fully saturated rings. The van der Waals surface area contributed by atoms with Crippen LogP contribution < -0.4 is 0 Å². The van der Waals surface area contributed by atoms with Crippen LogP contribution in [0.5, 0.6) is 0 Å². The van der Waals surface area contributed by atoms with Crippen LogP contribution in [0.1, 0.15) is 55.9 Å². The van der Waals surface area contributed by atoms with Gasteiger partial charge in [-0.25, -0.2) is 0 Å². The maximum Gasteiger partial charge on any atom is 0.242 e. The van der Waals surface area contributed by atoms with Gasteiger partial charge in [-0.15, -0.1) is 11.3 Å². The van der Waals surface area contributed by atoms with E-state index in [9.17, 15) is 9.59 Å². The summed E-state index contributed by atoms with van der Waals surface area (Å²) in [6.07, 6.45) is 1.31. The average Bonchev–Trinajstić information content (AvgIpc) is 3.09. The van der Waals surface area contributed by atoms with Gasteiger partial charge in [0.15, 0.2) is 0 Å². The number of thiophene rings is 1. The van der Waals surface area contributed by atoms with Crippen LogP contribution in [0.2, 0.25) is 0 Å². The number of benzene rings is 1. The fourth-order valence-electron chi connectivity index (χ4n) is 3.22. The maximum atomic E-state index is 13.3. The molecule has 1 aromatic heterocycles. The molecule has 0 aliphatic rings. The van der Waals surface area contributed by atoms with Crippen LogP contribution in [0.3, 0.4) is 0 Å². The minimum Gasteiger partial charge on any atom is -0.332 e. The lowest BCUT2D eigenvalue weighted by Crippen LogP contribution is -2.46. The summed E-state index contributed by atoms with van der Waals surface area (Å²) in [6, 6.07) is 14.3. The summed E-state index contributed by atoms with van der Waals surface area (Å²) in [4.78, 5) is 32.1. The number of hydrogen-bond acceptors (Lipinski definition) is 3. The highest BCUT2D eigenvalue weighted by Crippen LogP contribution is 2.19. The second-order valence-corrected chi connectivity index (χ2v) is 9.50. The predicted octanol–water partition coefficient (Wildman–Crippen LogP) is 5.26. The highest BCUT2D eigenvalue weighted by atomic mass is 32.1. The molecule has 158 valence electrons. The van der Waals surface area contributed by atoms with Crippen molar-refractivity contribution in [3.05, 3.63) is 57.8 Å². The minimum absolute atomic E-state index is 0.00249. The van der Waals surface area contributed by atoms with Crippen LogP contribution in [-0.4, -0.2) is 34.2 Å². The Morgan fingerprint density at radius 2 is 1.66 bits per heavy atom. The van der Waals surface area contributed by atoms with Crippen molar-refractivity contribution < 1.29 is 9.59 Å². The summed E-state index contributed by atoms with van der Waals surface area (Å²) >= 11 is 1.71. The lowest BCUT2D eigenvalue weighted by molar-refractivity contribution is -0.143. The van der Waals surface area contributed by atoms with E-state index in [1.54, 1.807) is 16.2 Å². The van der Waals surface area contributed by atoms with Gasteiger partial charge in [-0.05, 0) is 43.9 Å². The number of rotatable bonds is 10. The second kappa shape index (κ2) is 11.1. The first-order chi connectivity index (χ1) is 13.8. The van der Waals surface area contributed by atoms with E-state index in [1.807, 2.05) is 56.0 Å². The van der Waals surface area contributed by atoms with E-state index in [-0.39, 0.29) is 30.3 Å². The Hall–Kier alpha value is -2.14. The molecule has 0 radical (unpaired) electrons. The molecule has 0 spiro atoms. The average molecular weight is 415 g/mol. The molecule has 29 heavy (non-hydrogen) atoms. The maximum absolute atomic E-state index is 13.3. The van der Waals surface area contributed by atoms with E-state index in [2.05, 4.69) is 26.0 Å². The van der Waals surface area contributed by atoms with Crippen LogP contribution in [0, 0.1) is 12.8 Å². The molecule has 2 amide bonds. The standard InChI is InChI=1S/C24H34N2O2S/c1-6-19(4)26(23(27)14-18(2)3)17-24(28)25(15-21-10-8-7-9-11-21)16-22-13-12-20(5)29-22/h7-13,18-19H,6,14-17H2,1-5H3. The minimum atomic E-state index is -0.00249. The number of hydrogen-bond donors (Lipinski definition) is 0. The topological polar surface area (TPSA) is 40.6 Å². The Morgan fingerprint density at radius 1 is 0.966 bits per heavy atom. The third-order valence-corrected chi connectivity index (χ3v) is 6.03. The molecule has 1 unspecified atom stereocenters. The molecule has 1 aromatic carbocycles. The Labute approximate surface area is 179 Å². The molecule has 2 rings (SSSR count). The van der Waals surface area contributed by atoms with Gasteiger partial charge in [-0.1, -0.05) is 51.1 Å². The van der Waals surface area contributed by atoms with Gasteiger partial charge >= 0.3 is 0 Å². The van der Waals surface area contributed by atoms with Crippen molar-refractivity contribution in [2.24, 2.45) is 5.92 Å². The SMILES string of the molecule is CCC(C)N(CC(=O)N(Cc1ccccc1)Cc1ccc(C)s1)C(=O)CC(C)C. The lowest BCUT2D eigenvalue weighted by atomic mass is 10.1. The number of carbonyl (C=O) groups is 2. The molecular weight excluding hydrogens is 380 g/mol. The zero-order valence-electron chi connectivity index (χ0n) is 18.4. The van der Waals surface area contributed by atoms with Gasteiger partial charge in [0.25, 0.3) is 0 Å². The molecule has 0 saturated carbocycles. The quantitative estimate of drug-likeness (QED) is 0.532. The summed E-state index contributed by atoms with van der Waals surface area (Å²) in [5.74, 6) is 0.338. The summed E-state index contributed by atoms with van der Waals surface area (Å²) in [7, 11) is 0. The van der Waals surface area contributed by atoms with Gasteiger partial charge in [0.05, 0.1) is 6.54 Å². The van der Waals surface area contributed by atoms with Gasteiger partial charge in [0.2, 0.25) is 11.8 Å². The Bertz CT molecular complexity index is 785. The third-order valence-electron chi connectivity index (χ3n) is 5.04. The van der Waals surface area contributed by atoms with E-state index in [0.717, 1.165) is 16.9 Å². The van der Waals surface area contributed by atoms with Crippen molar-refractivity contribution in [3.63, 3.8) is 0 Å². The molecule has 4 nitrogen and oxygen atoms in total. The van der Waals surface area contributed by atoms with Gasteiger partial charge in [0.1, 0.15) is 6.54 Å². The highest BCUT2D eigenvalue weighted by molar-refractivity contribution is 7.11. The van der Waals surface area contributed by atoms with E-state index in [0.29, 0.717) is 19.5 Å². The third kappa shape index (κ3) is 7.32. The largest absolute Gasteiger partial charge is 0.332 e. The molecule has 0 saturated heterocycles. The Kier molecular flexibility index (Phi) is 8.90. The van der Waals surface area contributed by atoms with Crippen molar-refractivity contribution in [1.82, 2.24) is 9.80 Å². The first-order valence-electron chi connectivity index (χ1n) is 10.5. The van der Waals surface area contributed by atoms with Gasteiger partial charge in [0, 0.05) is 28.8 Å². The first-order valence-corrected chi connectivity index (χ1v) is 11.3. The van der Waals surface area contributed by atoms with Crippen LogP contribution in [0.4, 0.5) is 0 Å². The highest BCUT2D eigenvalue weighted by Gasteiger charge is 2.25. The summed E-state index contributed by atoms with van der Waals surface area (Å²) in [6.45, 7) is 11.5. The summed E-state index contributed by atoms with van der Waals surface area (Å²) < 4.78 is 0. The molecular formula is C24H34N2O2S. The van der Waals surface area contributed by atoms with Gasteiger partial charge in [-0.2, -0.15) is 0 Å². The normalized spacial score (nSPS) is 12.1. The predicted molar refractivity (Wildman–Crippen MR) is 121 cm³/mol.